The van der Waals surface area contributed by atoms with Gasteiger partial charge in [-0.25, -0.2) is 0 Å². The average Bonchev–Trinajstić information content (AvgIpc) is 2.89. The smallest absolute Gasteiger partial charge is 0.297 e. The number of oxazole rings is 1. The van der Waals surface area contributed by atoms with E-state index in [0.29, 0.717) is 5.92 Å². The fourth-order valence-electron chi connectivity index (χ4n) is 2.34. The van der Waals surface area contributed by atoms with Gasteiger partial charge in [-0.05, 0) is 31.7 Å². The first-order valence-electron chi connectivity index (χ1n) is 7.23. The predicted molar refractivity (Wildman–Crippen MR) is 75.3 cm³/mol. The van der Waals surface area contributed by atoms with Gasteiger partial charge < -0.3 is 19.4 Å². The molecule has 1 N–H and O–H groups in total. The van der Waals surface area contributed by atoms with Gasteiger partial charge in [0.1, 0.15) is 6.26 Å². The molecule has 1 saturated heterocycles. The van der Waals surface area contributed by atoms with Crippen LogP contribution < -0.4 is 10.2 Å². The van der Waals surface area contributed by atoms with Crippen LogP contribution in [0, 0.1) is 5.92 Å². The molecule has 2 heterocycles. The molecular formula is C14H25N3O2. The highest BCUT2D eigenvalue weighted by molar-refractivity contribution is 5.25. The third-order valence-electron chi connectivity index (χ3n) is 3.47. The lowest BCUT2D eigenvalue weighted by molar-refractivity contribution is 0.0682. The molecule has 1 aromatic rings. The minimum Gasteiger partial charge on any atom is -0.432 e. The second kappa shape index (κ2) is 7.50. The number of anilines is 1. The van der Waals surface area contributed by atoms with Crippen LogP contribution in [0.15, 0.2) is 10.7 Å². The molecule has 0 atom stereocenters. The number of nitrogens with zero attached hydrogens (tertiary/aromatic N) is 2. The summed E-state index contributed by atoms with van der Waals surface area (Å²) in [4.78, 5) is 6.62. The number of nitrogens with one attached hydrogen (secondary N) is 1. The quantitative estimate of drug-likeness (QED) is 0.766. The molecule has 1 aliphatic heterocycles. The molecule has 0 aliphatic carbocycles. The Kier molecular flexibility index (Phi) is 5.66. The third-order valence-corrected chi connectivity index (χ3v) is 3.47. The maximum Gasteiger partial charge on any atom is 0.297 e. The SMILES string of the molecule is CCCNCc1coc(N(C)CC2CCOCC2)n1. The summed E-state index contributed by atoms with van der Waals surface area (Å²) in [6.45, 7) is 6.71. The van der Waals surface area contributed by atoms with Crippen molar-refractivity contribution in [2.75, 3.05) is 38.3 Å². The Morgan fingerprint density at radius 2 is 2.21 bits per heavy atom. The lowest BCUT2D eigenvalue weighted by atomic mass is 10.0. The van der Waals surface area contributed by atoms with Crippen LogP contribution in [-0.2, 0) is 11.3 Å². The molecule has 19 heavy (non-hydrogen) atoms. The molecule has 1 fully saturated rings. The van der Waals surface area contributed by atoms with E-state index in [2.05, 4.69) is 22.1 Å². The normalized spacial score (nSPS) is 16.7. The zero-order valence-electron chi connectivity index (χ0n) is 12.0. The van der Waals surface area contributed by atoms with Crippen LogP contribution in [0.5, 0.6) is 0 Å². The highest BCUT2D eigenvalue weighted by atomic mass is 16.5. The summed E-state index contributed by atoms with van der Waals surface area (Å²) >= 11 is 0. The highest BCUT2D eigenvalue weighted by Gasteiger charge is 2.18. The zero-order valence-corrected chi connectivity index (χ0v) is 12.0. The Morgan fingerprint density at radius 3 is 2.95 bits per heavy atom. The van der Waals surface area contributed by atoms with Crippen molar-refractivity contribution in [3.05, 3.63) is 12.0 Å². The molecule has 5 nitrogen and oxygen atoms in total. The topological polar surface area (TPSA) is 50.5 Å². The monoisotopic (exact) mass is 267 g/mol. The van der Waals surface area contributed by atoms with Crippen LogP contribution in [-0.4, -0.2) is 38.3 Å². The Morgan fingerprint density at radius 1 is 1.42 bits per heavy atom. The van der Waals surface area contributed by atoms with Crippen molar-refractivity contribution in [2.45, 2.75) is 32.7 Å². The summed E-state index contributed by atoms with van der Waals surface area (Å²) in [5.74, 6) is 0.687. The van der Waals surface area contributed by atoms with E-state index in [1.54, 1.807) is 6.26 Å². The summed E-state index contributed by atoms with van der Waals surface area (Å²) in [5, 5.41) is 3.33. The fourth-order valence-corrected chi connectivity index (χ4v) is 2.34. The Balaban J connectivity index is 1.79. The molecule has 0 spiro atoms. The highest BCUT2D eigenvalue weighted by Crippen LogP contribution is 2.19. The molecule has 1 aromatic heterocycles. The van der Waals surface area contributed by atoms with E-state index < -0.39 is 0 Å². The van der Waals surface area contributed by atoms with Crippen molar-refractivity contribution in [1.29, 1.82) is 0 Å². The van der Waals surface area contributed by atoms with E-state index in [-0.39, 0.29) is 0 Å². The molecule has 0 saturated carbocycles. The maximum absolute atomic E-state index is 5.54. The van der Waals surface area contributed by atoms with Gasteiger partial charge in [0.05, 0.1) is 5.69 Å². The third kappa shape index (κ3) is 4.51. The second-order valence-corrected chi connectivity index (χ2v) is 5.23. The van der Waals surface area contributed by atoms with Crippen LogP contribution in [0.3, 0.4) is 0 Å². The van der Waals surface area contributed by atoms with E-state index in [9.17, 15) is 0 Å². The van der Waals surface area contributed by atoms with Gasteiger partial charge in [-0.2, -0.15) is 4.98 Å². The number of hydrogen-bond acceptors (Lipinski definition) is 5. The van der Waals surface area contributed by atoms with Gasteiger partial charge >= 0.3 is 0 Å². The first kappa shape index (κ1) is 14.3. The standard InChI is InChI=1S/C14H25N3O2/c1-3-6-15-9-13-11-19-14(16-13)17(2)10-12-4-7-18-8-5-12/h11-12,15H,3-10H2,1-2H3. The van der Waals surface area contributed by atoms with E-state index in [4.69, 9.17) is 9.15 Å². The minimum atomic E-state index is 0.687. The van der Waals surface area contributed by atoms with Crippen molar-refractivity contribution < 1.29 is 9.15 Å². The second-order valence-electron chi connectivity index (χ2n) is 5.23. The lowest BCUT2D eigenvalue weighted by Crippen LogP contribution is -2.29. The predicted octanol–water partition coefficient (Wildman–Crippen LogP) is 2.04. The summed E-state index contributed by atoms with van der Waals surface area (Å²) in [7, 11) is 2.05. The van der Waals surface area contributed by atoms with Crippen molar-refractivity contribution >= 4 is 6.01 Å². The van der Waals surface area contributed by atoms with Crippen molar-refractivity contribution in [1.82, 2.24) is 10.3 Å². The zero-order chi connectivity index (χ0) is 13.5. The molecule has 0 radical (unpaired) electrons. The van der Waals surface area contributed by atoms with Gasteiger partial charge in [-0.1, -0.05) is 6.92 Å². The molecule has 0 aromatic carbocycles. The minimum absolute atomic E-state index is 0.687. The van der Waals surface area contributed by atoms with Gasteiger partial charge in [-0.15, -0.1) is 0 Å². The van der Waals surface area contributed by atoms with Gasteiger partial charge in [0, 0.05) is 33.4 Å². The Hall–Kier alpha value is -1.07. The Labute approximate surface area is 115 Å². The van der Waals surface area contributed by atoms with E-state index in [0.717, 1.165) is 63.8 Å². The summed E-state index contributed by atoms with van der Waals surface area (Å²) in [6, 6.07) is 0.722. The molecule has 0 unspecified atom stereocenters. The van der Waals surface area contributed by atoms with E-state index in [1.165, 1.54) is 0 Å². The summed E-state index contributed by atoms with van der Waals surface area (Å²) in [6.07, 6.45) is 5.15. The first-order chi connectivity index (χ1) is 9.29. The van der Waals surface area contributed by atoms with Crippen LogP contribution in [0.2, 0.25) is 0 Å². The summed E-state index contributed by atoms with van der Waals surface area (Å²) in [5.41, 5.74) is 0.974. The van der Waals surface area contributed by atoms with Gasteiger partial charge in [-0.3, -0.25) is 0 Å². The number of rotatable bonds is 7. The fraction of sp³-hybridized carbons (Fsp3) is 0.786. The van der Waals surface area contributed by atoms with Crippen LogP contribution in [0.4, 0.5) is 6.01 Å². The lowest BCUT2D eigenvalue weighted by Gasteiger charge is -2.26. The Bertz CT molecular complexity index is 361. The first-order valence-corrected chi connectivity index (χ1v) is 7.23. The average molecular weight is 267 g/mol. The van der Waals surface area contributed by atoms with Crippen LogP contribution in [0.1, 0.15) is 31.9 Å². The number of ether oxygens (including phenoxy) is 1. The molecule has 1 aliphatic rings. The molecule has 2 rings (SSSR count). The van der Waals surface area contributed by atoms with Gasteiger partial charge in [0.2, 0.25) is 0 Å². The van der Waals surface area contributed by atoms with Crippen molar-refractivity contribution in [3.63, 3.8) is 0 Å². The van der Waals surface area contributed by atoms with Gasteiger partial charge in [0.15, 0.2) is 0 Å². The van der Waals surface area contributed by atoms with Gasteiger partial charge in [0.25, 0.3) is 6.01 Å². The number of aromatic nitrogens is 1. The number of hydrogen-bond donors (Lipinski definition) is 1. The van der Waals surface area contributed by atoms with E-state index >= 15 is 0 Å². The maximum atomic E-state index is 5.54. The summed E-state index contributed by atoms with van der Waals surface area (Å²) < 4.78 is 10.9. The molecule has 0 amide bonds. The van der Waals surface area contributed by atoms with E-state index in [1.807, 2.05) is 7.05 Å². The molecular weight excluding hydrogens is 242 g/mol. The van der Waals surface area contributed by atoms with Crippen LogP contribution >= 0.6 is 0 Å². The molecule has 5 heteroatoms. The molecule has 0 bridgehead atoms. The van der Waals surface area contributed by atoms with Crippen LogP contribution in [0.25, 0.3) is 0 Å². The van der Waals surface area contributed by atoms with Crippen molar-refractivity contribution in [2.24, 2.45) is 5.92 Å². The largest absolute Gasteiger partial charge is 0.432 e. The molecule has 108 valence electrons. The van der Waals surface area contributed by atoms with Crippen molar-refractivity contribution in [3.8, 4) is 0 Å².